The molecule has 1 aromatic rings. The first-order valence-electron chi connectivity index (χ1n) is 7.73. The summed E-state index contributed by atoms with van der Waals surface area (Å²) in [6.45, 7) is 7.38. The Kier molecular flexibility index (Phi) is 5.62. The Morgan fingerprint density at radius 3 is 2.81 bits per heavy atom. The zero-order valence-corrected chi connectivity index (χ0v) is 13.1. The Morgan fingerprint density at radius 1 is 1.38 bits per heavy atom. The van der Waals surface area contributed by atoms with Gasteiger partial charge in [0.15, 0.2) is 6.10 Å². The number of carbonyl (C=O) groups is 1. The van der Waals surface area contributed by atoms with E-state index in [0.717, 1.165) is 30.8 Å². The summed E-state index contributed by atoms with van der Waals surface area (Å²) in [6.07, 6.45) is 1.75. The molecule has 116 valence electrons. The molecule has 1 aromatic carbocycles. The minimum absolute atomic E-state index is 0.0935. The van der Waals surface area contributed by atoms with Gasteiger partial charge >= 0.3 is 0 Å². The Balaban J connectivity index is 1.88. The molecule has 0 saturated carbocycles. The molecule has 4 nitrogen and oxygen atoms in total. The highest BCUT2D eigenvalue weighted by molar-refractivity contribution is 5.80. The Hall–Kier alpha value is -1.55. The molecule has 1 N–H and O–H groups in total. The molecule has 1 aliphatic heterocycles. The first-order chi connectivity index (χ1) is 10.1. The van der Waals surface area contributed by atoms with Crippen molar-refractivity contribution in [3.05, 3.63) is 29.8 Å². The van der Waals surface area contributed by atoms with Crippen LogP contribution in [-0.4, -0.2) is 31.3 Å². The van der Waals surface area contributed by atoms with Crippen LogP contribution in [-0.2, 0) is 9.53 Å². The Morgan fingerprint density at radius 2 is 2.14 bits per heavy atom. The van der Waals surface area contributed by atoms with Crippen LogP contribution in [0.2, 0.25) is 0 Å². The Bertz CT molecular complexity index is 467. The van der Waals surface area contributed by atoms with Crippen molar-refractivity contribution in [3.63, 3.8) is 0 Å². The maximum Gasteiger partial charge on any atom is 0.260 e. The van der Waals surface area contributed by atoms with Crippen LogP contribution in [0.15, 0.2) is 24.3 Å². The Labute approximate surface area is 126 Å². The van der Waals surface area contributed by atoms with Gasteiger partial charge in [0.05, 0.1) is 6.10 Å². The number of rotatable bonds is 6. The van der Waals surface area contributed by atoms with Crippen molar-refractivity contribution >= 4 is 5.91 Å². The zero-order valence-electron chi connectivity index (χ0n) is 13.1. The lowest BCUT2D eigenvalue weighted by Crippen LogP contribution is -2.40. The summed E-state index contributed by atoms with van der Waals surface area (Å²) in [6, 6.07) is 7.87. The molecular formula is C17H25NO3. The average Bonchev–Trinajstić information content (AvgIpc) is 2.98. The van der Waals surface area contributed by atoms with E-state index < -0.39 is 6.10 Å². The predicted octanol–water partition coefficient (Wildman–Crippen LogP) is 2.87. The van der Waals surface area contributed by atoms with Gasteiger partial charge < -0.3 is 14.8 Å². The van der Waals surface area contributed by atoms with Crippen molar-refractivity contribution in [2.75, 3.05) is 13.2 Å². The van der Waals surface area contributed by atoms with Crippen LogP contribution < -0.4 is 10.1 Å². The van der Waals surface area contributed by atoms with E-state index in [1.807, 2.05) is 24.3 Å². The van der Waals surface area contributed by atoms with E-state index in [-0.39, 0.29) is 12.0 Å². The highest BCUT2D eigenvalue weighted by atomic mass is 16.5. The number of para-hydroxylation sites is 1. The molecule has 0 aliphatic carbocycles. The largest absolute Gasteiger partial charge is 0.481 e. The number of nitrogens with one attached hydrogen (secondary N) is 1. The van der Waals surface area contributed by atoms with Crippen LogP contribution in [0, 0.1) is 0 Å². The van der Waals surface area contributed by atoms with Gasteiger partial charge in [-0.15, -0.1) is 0 Å². The molecule has 0 bridgehead atoms. The fourth-order valence-electron chi connectivity index (χ4n) is 2.47. The van der Waals surface area contributed by atoms with Gasteiger partial charge in [0, 0.05) is 13.2 Å². The van der Waals surface area contributed by atoms with E-state index in [9.17, 15) is 4.79 Å². The molecule has 0 aromatic heterocycles. The zero-order chi connectivity index (χ0) is 15.2. The molecule has 0 unspecified atom stereocenters. The molecule has 2 atom stereocenters. The molecule has 1 fully saturated rings. The number of carbonyl (C=O) groups excluding carboxylic acids is 1. The maximum absolute atomic E-state index is 12.1. The predicted molar refractivity (Wildman–Crippen MR) is 82.6 cm³/mol. The molecule has 2 rings (SSSR count). The van der Waals surface area contributed by atoms with Crippen LogP contribution in [0.3, 0.4) is 0 Å². The molecule has 1 aliphatic rings. The summed E-state index contributed by atoms with van der Waals surface area (Å²) in [7, 11) is 0. The van der Waals surface area contributed by atoms with E-state index in [0.29, 0.717) is 12.5 Å². The lowest BCUT2D eigenvalue weighted by atomic mass is 10.0. The number of hydrogen-bond donors (Lipinski definition) is 1. The minimum Gasteiger partial charge on any atom is -0.481 e. The maximum atomic E-state index is 12.1. The number of benzene rings is 1. The highest BCUT2D eigenvalue weighted by Crippen LogP contribution is 2.26. The minimum atomic E-state index is -0.508. The number of hydrogen-bond acceptors (Lipinski definition) is 3. The van der Waals surface area contributed by atoms with E-state index in [1.54, 1.807) is 6.92 Å². The van der Waals surface area contributed by atoms with Gasteiger partial charge in [-0.1, -0.05) is 32.0 Å². The molecular weight excluding hydrogens is 266 g/mol. The summed E-state index contributed by atoms with van der Waals surface area (Å²) in [5.41, 5.74) is 1.12. The van der Waals surface area contributed by atoms with Gasteiger partial charge in [0.2, 0.25) is 0 Å². The lowest BCUT2D eigenvalue weighted by Gasteiger charge is -2.19. The topological polar surface area (TPSA) is 47.6 Å². The second-order valence-corrected chi connectivity index (χ2v) is 5.83. The van der Waals surface area contributed by atoms with Gasteiger partial charge in [-0.05, 0) is 37.3 Å². The van der Waals surface area contributed by atoms with Crippen LogP contribution in [0.1, 0.15) is 45.1 Å². The van der Waals surface area contributed by atoms with Crippen LogP contribution in [0.5, 0.6) is 5.75 Å². The quantitative estimate of drug-likeness (QED) is 0.876. The van der Waals surface area contributed by atoms with Gasteiger partial charge in [0.1, 0.15) is 5.75 Å². The van der Waals surface area contributed by atoms with Crippen molar-refractivity contribution in [3.8, 4) is 5.75 Å². The monoisotopic (exact) mass is 291 g/mol. The lowest BCUT2D eigenvalue weighted by molar-refractivity contribution is -0.127. The summed E-state index contributed by atoms with van der Waals surface area (Å²) in [5.74, 6) is 1.06. The second-order valence-electron chi connectivity index (χ2n) is 5.83. The van der Waals surface area contributed by atoms with Crippen molar-refractivity contribution in [2.45, 2.75) is 51.7 Å². The smallest absolute Gasteiger partial charge is 0.260 e. The van der Waals surface area contributed by atoms with Crippen molar-refractivity contribution < 1.29 is 14.3 Å². The van der Waals surface area contributed by atoms with E-state index in [1.165, 1.54) is 0 Å². The molecule has 1 heterocycles. The third-order valence-electron chi connectivity index (χ3n) is 3.74. The molecule has 21 heavy (non-hydrogen) atoms. The first-order valence-corrected chi connectivity index (χ1v) is 7.73. The summed E-state index contributed by atoms with van der Waals surface area (Å²) in [5, 5.41) is 2.90. The third-order valence-corrected chi connectivity index (χ3v) is 3.74. The molecule has 0 radical (unpaired) electrons. The summed E-state index contributed by atoms with van der Waals surface area (Å²) >= 11 is 0. The van der Waals surface area contributed by atoms with Gasteiger partial charge in [-0.3, -0.25) is 4.79 Å². The summed E-state index contributed by atoms with van der Waals surface area (Å²) < 4.78 is 11.3. The summed E-state index contributed by atoms with van der Waals surface area (Å²) in [4.78, 5) is 12.1. The van der Waals surface area contributed by atoms with Crippen LogP contribution >= 0.6 is 0 Å². The average molecular weight is 291 g/mol. The first kappa shape index (κ1) is 15.8. The second kappa shape index (κ2) is 7.46. The fourth-order valence-corrected chi connectivity index (χ4v) is 2.47. The van der Waals surface area contributed by atoms with Crippen LogP contribution in [0.4, 0.5) is 0 Å². The van der Waals surface area contributed by atoms with Gasteiger partial charge in [-0.2, -0.15) is 0 Å². The number of amides is 1. The standard InChI is InChI=1S/C17H25NO3/c1-12(2)15-8-4-5-9-16(15)21-13(3)17(19)18-11-14-7-6-10-20-14/h4-5,8-9,12-14H,6-7,10-11H2,1-3H3,(H,18,19)/t13-,14+/m0/s1. The van der Waals surface area contributed by atoms with E-state index >= 15 is 0 Å². The van der Waals surface area contributed by atoms with Crippen molar-refractivity contribution in [1.82, 2.24) is 5.32 Å². The highest BCUT2D eigenvalue weighted by Gasteiger charge is 2.20. The van der Waals surface area contributed by atoms with Crippen molar-refractivity contribution in [1.29, 1.82) is 0 Å². The molecule has 4 heteroatoms. The van der Waals surface area contributed by atoms with E-state index in [2.05, 4.69) is 19.2 Å². The third kappa shape index (κ3) is 4.46. The number of ether oxygens (including phenoxy) is 2. The molecule has 0 spiro atoms. The molecule has 1 saturated heterocycles. The van der Waals surface area contributed by atoms with Crippen LogP contribution in [0.25, 0.3) is 0 Å². The fraction of sp³-hybridized carbons (Fsp3) is 0.588. The van der Waals surface area contributed by atoms with Gasteiger partial charge in [0.25, 0.3) is 5.91 Å². The molecule has 1 amide bonds. The SMILES string of the molecule is CC(C)c1ccccc1O[C@@H](C)C(=O)NC[C@H]1CCCO1. The normalized spacial score (nSPS) is 19.5. The van der Waals surface area contributed by atoms with E-state index in [4.69, 9.17) is 9.47 Å². The van der Waals surface area contributed by atoms with Gasteiger partial charge in [-0.25, -0.2) is 0 Å². The van der Waals surface area contributed by atoms with Crippen molar-refractivity contribution in [2.24, 2.45) is 0 Å².